The van der Waals surface area contributed by atoms with Crippen molar-refractivity contribution in [3.05, 3.63) is 61.1 Å². The van der Waals surface area contributed by atoms with Crippen LogP contribution in [0.1, 0.15) is 32.1 Å². The summed E-state index contributed by atoms with van der Waals surface area (Å²) >= 11 is 0. The van der Waals surface area contributed by atoms with E-state index in [0.717, 1.165) is 49.1 Å². The van der Waals surface area contributed by atoms with Gasteiger partial charge in [-0.2, -0.15) is 0 Å². The molecule has 2 aromatic heterocycles. The fraction of sp³-hybridized carbons (Fsp3) is 0.409. The standard InChI is InChI=1S/C22H29N7/c1-3-24-22(28-11-9-17(2)20(15-28)29-12-10-23-16-29)26-14-21-25-13-19(27-21)18-7-5-4-6-8-18/h4-8,10,12-13,16-17,20H,3,9,11,14-15H2,1-2H3,(H,24,26)(H,25,27). The molecule has 1 saturated heterocycles. The SMILES string of the molecule is CCNC(=NCc1ncc(-c2ccccc2)[nH]1)N1CCC(C)C(n2ccnc2)C1. The molecule has 3 aromatic rings. The summed E-state index contributed by atoms with van der Waals surface area (Å²) in [7, 11) is 0. The van der Waals surface area contributed by atoms with Crippen LogP contribution in [-0.4, -0.2) is 50.0 Å². The highest BCUT2D eigenvalue weighted by molar-refractivity contribution is 5.80. The Morgan fingerprint density at radius 3 is 2.93 bits per heavy atom. The van der Waals surface area contributed by atoms with Gasteiger partial charge in [-0.15, -0.1) is 0 Å². The average molecular weight is 392 g/mol. The van der Waals surface area contributed by atoms with Gasteiger partial charge in [0.2, 0.25) is 0 Å². The Morgan fingerprint density at radius 2 is 2.17 bits per heavy atom. The zero-order valence-electron chi connectivity index (χ0n) is 17.1. The quantitative estimate of drug-likeness (QED) is 0.517. The lowest BCUT2D eigenvalue weighted by Gasteiger charge is -2.39. The fourth-order valence-electron chi connectivity index (χ4n) is 3.88. The number of aliphatic imine (C=N–C) groups is 1. The van der Waals surface area contributed by atoms with Crippen molar-refractivity contribution in [2.24, 2.45) is 10.9 Å². The number of hydrogen-bond acceptors (Lipinski definition) is 3. The van der Waals surface area contributed by atoms with E-state index in [1.807, 2.05) is 36.9 Å². The zero-order chi connectivity index (χ0) is 20.1. The number of aromatic amines is 1. The van der Waals surface area contributed by atoms with Gasteiger partial charge >= 0.3 is 0 Å². The van der Waals surface area contributed by atoms with Gasteiger partial charge in [-0.25, -0.2) is 15.0 Å². The van der Waals surface area contributed by atoms with Crippen LogP contribution >= 0.6 is 0 Å². The molecule has 2 unspecified atom stereocenters. The maximum atomic E-state index is 4.87. The first-order valence-corrected chi connectivity index (χ1v) is 10.3. The topological polar surface area (TPSA) is 74.1 Å². The molecular weight excluding hydrogens is 362 g/mol. The zero-order valence-corrected chi connectivity index (χ0v) is 17.1. The Kier molecular flexibility index (Phi) is 5.93. The predicted octanol–water partition coefficient (Wildman–Crippen LogP) is 3.32. The summed E-state index contributed by atoms with van der Waals surface area (Å²) in [5.74, 6) is 2.43. The molecule has 2 N–H and O–H groups in total. The van der Waals surface area contributed by atoms with Gasteiger partial charge in [0.1, 0.15) is 12.4 Å². The molecule has 7 nitrogen and oxygen atoms in total. The molecule has 0 bridgehead atoms. The molecular formula is C22H29N7. The lowest BCUT2D eigenvalue weighted by molar-refractivity contribution is 0.189. The maximum absolute atomic E-state index is 4.87. The normalized spacial score (nSPS) is 20.1. The molecule has 0 aliphatic carbocycles. The smallest absolute Gasteiger partial charge is 0.194 e. The van der Waals surface area contributed by atoms with Crippen molar-refractivity contribution in [3.8, 4) is 11.3 Å². The van der Waals surface area contributed by atoms with Gasteiger partial charge < -0.3 is 19.8 Å². The number of piperidine rings is 1. The van der Waals surface area contributed by atoms with Crippen LogP contribution in [0.3, 0.4) is 0 Å². The van der Waals surface area contributed by atoms with Crippen molar-refractivity contribution in [2.75, 3.05) is 19.6 Å². The van der Waals surface area contributed by atoms with Gasteiger partial charge in [0.15, 0.2) is 5.96 Å². The van der Waals surface area contributed by atoms with Crippen LogP contribution in [0.25, 0.3) is 11.3 Å². The lowest BCUT2D eigenvalue weighted by Crippen LogP contribution is -2.49. The number of H-pyrrole nitrogens is 1. The van der Waals surface area contributed by atoms with Crippen molar-refractivity contribution >= 4 is 5.96 Å². The number of imidazole rings is 2. The van der Waals surface area contributed by atoms with Gasteiger partial charge in [-0.1, -0.05) is 37.3 Å². The fourth-order valence-corrected chi connectivity index (χ4v) is 3.88. The number of rotatable bonds is 5. The summed E-state index contributed by atoms with van der Waals surface area (Å²) < 4.78 is 2.22. The molecule has 0 amide bonds. The van der Waals surface area contributed by atoms with Crippen LogP contribution in [-0.2, 0) is 6.54 Å². The molecule has 1 aromatic carbocycles. The Balaban J connectivity index is 1.47. The molecule has 3 heterocycles. The van der Waals surface area contributed by atoms with Gasteiger partial charge in [-0.3, -0.25) is 0 Å². The molecule has 0 saturated carbocycles. The number of hydrogen-bond donors (Lipinski definition) is 2. The molecule has 1 fully saturated rings. The Bertz CT molecular complexity index is 914. The minimum absolute atomic E-state index is 0.406. The summed E-state index contributed by atoms with van der Waals surface area (Å²) in [5.41, 5.74) is 2.16. The molecule has 1 aliphatic rings. The highest BCUT2D eigenvalue weighted by Gasteiger charge is 2.28. The van der Waals surface area contributed by atoms with Crippen LogP contribution in [0.15, 0.2) is 60.2 Å². The third-order valence-electron chi connectivity index (χ3n) is 5.55. The number of nitrogens with zero attached hydrogens (tertiary/aromatic N) is 5. The van der Waals surface area contributed by atoms with Gasteiger partial charge in [0, 0.05) is 32.0 Å². The lowest BCUT2D eigenvalue weighted by atomic mass is 9.93. The van der Waals surface area contributed by atoms with Crippen molar-refractivity contribution in [2.45, 2.75) is 32.9 Å². The molecule has 0 spiro atoms. The van der Waals surface area contributed by atoms with Gasteiger partial charge in [-0.05, 0) is 24.8 Å². The highest BCUT2D eigenvalue weighted by atomic mass is 15.3. The second-order valence-electron chi connectivity index (χ2n) is 7.57. The van der Waals surface area contributed by atoms with Crippen molar-refractivity contribution in [1.29, 1.82) is 0 Å². The summed E-state index contributed by atoms with van der Waals surface area (Å²) in [4.78, 5) is 19.4. The third kappa shape index (κ3) is 4.50. The van der Waals surface area contributed by atoms with E-state index >= 15 is 0 Å². The van der Waals surface area contributed by atoms with E-state index in [1.165, 1.54) is 0 Å². The molecule has 7 heteroatoms. The number of nitrogens with one attached hydrogen (secondary N) is 2. The van der Waals surface area contributed by atoms with Crippen LogP contribution in [0.2, 0.25) is 0 Å². The van der Waals surface area contributed by atoms with Crippen LogP contribution in [0.5, 0.6) is 0 Å². The molecule has 29 heavy (non-hydrogen) atoms. The van der Waals surface area contributed by atoms with Crippen LogP contribution in [0, 0.1) is 5.92 Å². The van der Waals surface area contributed by atoms with Crippen molar-refractivity contribution in [3.63, 3.8) is 0 Å². The third-order valence-corrected chi connectivity index (χ3v) is 5.55. The minimum atomic E-state index is 0.406. The summed E-state index contributed by atoms with van der Waals surface area (Å²) in [6, 6.07) is 10.6. The minimum Gasteiger partial charge on any atom is -0.357 e. The molecule has 2 atom stereocenters. The Morgan fingerprint density at radius 1 is 1.31 bits per heavy atom. The van der Waals surface area contributed by atoms with Crippen molar-refractivity contribution < 1.29 is 0 Å². The molecule has 4 rings (SSSR count). The number of likely N-dealkylation sites (tertiary alicyclic amines) is 1. The summed E-state index contributed by atoms with van der Waals surface area (Å²) in [5, 5.41) is 3.45. The predicted molar refractivity (Wildman–Crippen MR) is 115 cm³/mol. The van der Waals surface area contributed by atoms with E-state index in [0.29, 0.717) is 18.5 Å². The monoisotopic (exact) mass is 391 g/mol. The first-order valence-electron chi connectivity index (χ1n) is 10.3. The van der Waals surface area contributed by atoms with Gasteiger partial charge in [0.25, 0.3) is 0 Å². The Hall–Kier alpha value is -3.09. The number of aromatic nitrogens is 4. The summed E-state index contributed by atoms with van der Waals surface area (Å²) in [6.45, 7) is 7.73. The molecule has 152 valence electrons. The largest absolute Gasteiger partial charge is 0.357 e. The van der Waals surface area contributed by atoms with Gasteiger partial charge in [0.05, 0.1) is 24.3 Å². The van der Waals surface area contributed by atoms with Crippen LogP contribution < -0.4 is 5.32 Å². The number of benzene rings is 1. The van der Waals surface area contributed by atoms with E-state index in [4.69, 9.17) is 4.99 Å². The number of guanidine groups is 1. The van der Waals surface area contributed by atoms with E-state index < -0.39 is 0 Å². The van der Waals surface area contributed by atoms with E-state index in [9.17, 15) is 0 Å². The average Bonchev–Trinajstić information content (AvgIpc) is 3.45. The first kappa shape index (κ1) is 19.2. The maximum Gasteiger partial charge on any atom is 0.194 e. The molecule has 1 aliphatic heterocycles. The van der Waals surface area contributed by atoms with Crippen LogP contribution in [0.4, 0.5) is 0 Å². The highest BCUT2D eigenvalue weighted by Crippen LogP contribution is 2.27. The van der Waals surface area contributed by atoms with E-state index in [2.05, 4.69) is 61.9 Å². The molecule has 0 radical (unpaired) electrons. The second kappa shape index (κ2) is 8.94. The van der Waals surface area contributed by atoms with Crippen molar-refractivity contribution in [1.82, 2.24) is 29.7 Å². The van der Waals surface area contributed by atoms with E-state index in [1.54, 1.807) is 0 Å². The second-order valence-corrected chi connectivity index (χ2v) is 7.57. The van der Waals surface area contributed by atoms with E-state index in [-0.39, 0.29) is 0 Å². The summed E-state index contributed by atoms with van der Waals surface area (Å²) in [6.07, 6.45) is 8.84. The first-order chi connectivity index (χ1) is 14.2. The Labute approximate surface area is 171 Å².